The van der Waals surface area contributed by atoms with Gasteiger partial charge in [0.25, 0.3) is 10.0 Å². The molecule has 142 valence electrons. The molecule has 0 amide bonds. The van der Waals surface area contributed by atoms with Gasteiger partial charge in [-0.1, -0.05) is 0 Å². The minimum atomic E-state index is -4.98. The van der Waals surface area contributed by atoms with Crippen LogP contribution in [0, 0.1) is 5.82 Å². The minimum absolute atomic E-state index is 0.182. The molecular formula is C14H8F7NO3S. The molecule has 0 saturated heterocycles. The number of ether oxygens (including phenoxy) is 1. The van der Waals surface area contributed by atoms with E-state index in [0.717, 1.165) is 12.1 Å². The minimum Gasteiger partial charge on any atom is -0.406 e. The molecule has 2 aromatic rings. The lowest BCUT2D eigenvalue weighted by atomic mass is 10.2. The number of benzene rings is 2. The maximum atomic E-state index is 13.3. The van der Waals surface area contributed by atoms with Crippen molar-refractivity contribution in [3.05, 3.63) is 53.8 Å². The van der Waals surface area contributed by atoms with Crippen molar-refractivity contribution in [3.63, 3.8) is 0 Å². The Kier molecular flexibility index (Phi) is 5.08. The number of nitrogens with one attached hydrogen (secondary N) is 1. The van der Waals surface area contributed by atoms with E-state index in [0.29, 0.717) is 24.3 Å². The van der Waals surface area contributed by atoms with Crippen LogP contribution in [0.15, 0.2) is 47.4 Å². The molecule has 0 fully saturated rings. The van der Waals surface area contributed by atoms with E-state index in [1.807, 2.05) is 0 Å². The summed E-state index contributed by atoms with van der Waals surface area (Å²) in [5.74, 6) is -2.02. The van der Waals surface area contributed by atoms with Gasteiger partial charge in [-0.25, -0.2) is 12.8 Å². The zero-order chi connectivity index (χ0) is 19.8. The number of rotatable bonds is 4. The van der Waals surface area contributed by atoms with Gasteiger partial charge in [0.2, 0.25) is 0 Å². The van der Waals surface area contributed by atoms with Crippen LogP contribution in [-0.2, 0) is 16.2 Å². The van der Waals surface area contributed by atoms with Crippen LogP contribution in [-0.4, -0.2) is 14.8 Å². The number of halogens is 7. The van der Waals surface area contributed by atoms with E-state index in [4.69, 9.17) is 0 Å². The van der Waals surface area contributed by atoms with Gasteiger partial charge >= 0.3 is 12.5 Å². The Morgan fingerprint density at radius 1 is 0.885 bits per heavy atom. The van der Waals surface area contributed by atoms with E-state index in [2.05, 4.69) is 4.74 Å². The van der Waals surface area contributed by atoms with Gasteiger partial charge in [0, 0.05) is 0 Å². The summed E-state index contributed by atoms with van der Waals surface area (Å²) in [6.45, 7) is 0. The second-order valence-electron chi connectivity index (χ2n) is 4.85. The first kappa shape index (κ1) is 19.8. The molecule has 0 aliphatic rings. The second kappa shape index (κ2) is 6.67. The molecule has 1 N–H and O–H groups in total. The highest BCUT2D eigenvalue weighted by atomic mass is 32.2. The van der Waals surface area contributed by atoms with Crippen molar-refractivity contribution in [2.45, 2.75) is 17.4 Å². The summed E-state index contributed by atoms with van der Waals surface area (Å²) in [4.78, 5) is -0.565. The van der Waals surface area contributed by atoms with Crippen molar-refractivity contribution >= 4 is 15.7 Å². The van der Waals surface area contributed by atoms with E-state index in [1.54, 1.807) is 4.72 Å². The van der Waals surface area contributed by atoms with Crippen LogP contribution in [0.25, 0.3) is 0 Å². The molecule has 0 heterocycles. The van der Waals surface area contributed by atoms with Crippen LogP contribution in [0.5, 0.6) is 5.75 Å². The van der Waals surface area contributed by atoms with Gasteiger partial charge in [-0.2, -0.15) is 13.2 Å². The van der Waals surface area contributed by atoms with Crippen LogP contribution in [0.4, 0.5) is 36.4 Å². The molecule has 2 aromatic carbocycles. The maximum absolute atomic E-state index is 13.3. The molecular weight excluding hydrogens is 395 g/mol. The number of anilines is 1. The number of hydrogen-bond acceptors (Lipinski definition) is 3. The molecule has 12 heteroatoms. The van der Waals surface area contributed by atoms with Gasteiger partial charge < -0.3 is 4.74 Å². The summed E-state index contributed by atoms with van der Waals surface area (Å²) in [5, 5.41) is 0. The van der Waals surface area contributed by atoms with Gasteiger partial charge in [0.1, 0.15) is 11.6 Å². The normalized spacial score (nSPS) is 12.7. The molecule has 4 nitrogen and oxygen atoms in total. The van der Waals surface area contributed by atoms with Crippen molar-refractivity contribution in [1.82, 2.24) is 0 Å². The molecule has 0 saturated carbocycles. The molecule has 0 aliphatic heterocycles. The Hall–Kier alpha value is -2.50. The first-order valence-corrected chi connectivity index (χ1v) is 8.01. The Morgan fingerprint density at radius 3 is 1.96 bits per heavy atom. The SMILES string of the molecule is O=S(=O)(Nc1cc(F)cc(C(F)(F)F)c1)c1ccc(OC(F)(F)F)cc1. The van der Waals surface area contributed by atoms with Crippen molar-refractivity contribution in [2.75, 3.05) is 4.72 Å². The quantitative estimate of drug-likeness (QED) is 0.763. The van der Waals surface area contributed by atoms with Crippen LogP contribution in [0.2, 0.25) is 0 Å². The van der Waals surface area contributed by atoms with Crippen molar-refractivity contribution < 1.29 is 43.9 Å². The lowest BCUT2D eigenvalue weighted by Crippen LogP contribution is -2.17. The molecule has 0 aliphatic carbocycles. The highest BCUT2D eigenvalue weighted by molar-refractivity contribution is 7.92. The smallest absolute Gasteiger partial charge is 0.406 e. The Bertz CT molecular complexity index is 890. The topological polar surface area (TPSA) is 55.4 Å². The third-order valence-electron chi connectivity index (χ3n) is 2.84. The Labute approximate surface area is 142 Å². The Morgan fingerprint density at radius 2 is 1.46 bits per heavy atom. The summed E-state index contributed by atoms with van der Waals surface area (Å²) in [5.41, 5.74) is -2.11. The predicted molar refractivity (Wildman–Crippen MR) is 75.3 cm³/mol. The predicted octanol–water partition coefficient (Wildman–Crippen LogP) is 4.54. The maximum Gasteiger partial charge on any atom is 0.573 e. The zero-order valence-corrected chi connectivity index (χ0v) is 13.1. The lowest BCUT2D eigenvalue weighted by Gasteiger charge is -2.12. The van der Waals surface area contributed by atoms with Crippen LogP contribution < -0.4 is 9.46 Å². The van der Waals surface area contributed by atoms with E-state index in [9.17, 15) is 39.2 Å². The average molecular weight is 403 g/mol. The summed E-state index contributed by atoms with van der Waals surface area (Å²) < 4.78 is 117. The molecule has 0 spiro atoms. The fourth-order valence-electron chi connectivity index (χ4n) is 1.85. The fourth-order valence-corrected chi connectivity index (χ4v) is 2.89. The lowest BCUT2D eigenvalue weighted by molar-refractivity contribution is -0.274. The second-order valence-corrected chi connectivity index (χ2v) is 6.53. The van der Waals surface area contributed by atoms with Crippen LogP contribution in [0.1, 0.15) is 5.56 Å². The van der Waals surface area contributed by atoms with Gasteiger partial charge in [-0.15, -0.1) is 13.2 Å². The van der Waals surface area contributed by atoms with Crippen molar-refractivity contribution in [3.8, 4) is 5.75 Å². The molecule has 0 aromatic heterocycles. The fraction of sp³-hybridized carbons (Fsp3) is 0.143. The van der Waals surface area contributed by atoms with Crippen LogP contribution >= 0.6 is 0 Å². The summed E-state index contributed by atoms with van der Waals surface area (Å²) in [6.07, 6.45) is -9.88. The van der Waals surface area contributed by atoms with Gasteiger partial charge in [0.05, 0.1) is 16.1 Å². The van der Waals surface area contributed by atoms with Crippen LogP contribution in [0.3, 0.4) is 0 Å². The summed E-state index contributed by atoms with van der Waals surface area (Å²) in [6, 6.07) is 3.97. The monoisotopic (exact) mass is 403 g/mol. The van der Waals surface area contributed by atoms with Crippen molar-refractivity contribution in [1.29, 1.82) is 0 Å². The first-order chi connectivity index (χ1) is 11.8. The van der Waals surface area contributed by atoms with Gasteiger partial charge in [0.15, 0.2) is 0 Å². The summed E-state index contributed by atoms with van der Waals surface area (Å²) >= 11 is 0. The number of sulfonamides is 1. The third kappa shape index (κ3) is 5.25. The number of hydrogen-bond donors (Lipinski definition) is 1. The molecule has 0 radical (unpaired) electrons. The standard InChI is InChI=1S/C14H8F7NO3S/c15-9-5-8(13(16,17)18)6-10(7-9)22-26(23,24)12-3-1-11(2-4-12)25-14(19,20)21/h1-7,22H. The highest BCUT2D eigenvalue weighted by Crippen LogP contribution is 2.32. The molecule has 26 heavy (non-hydrogen) atoms. The average Bonchev–Trinajstić information content (AvgIpc) is 2.44. The third-order valence-corrected chi connectivity index (χ3v) is 4.24. The largest absolute Gasteiger partial charge is 0.573 e. The van der Waals surface area contributed by atoms with E-state index in [1.165, 1.54) is 0 Å². The summed E-state index contributed by atoms with van der Waals surface area (Å²) in [7, 11) is -4.47. The van der Waals surface area contributed by atoms with E-state index < -0.39 is 50.3 Å². The zero-order valence-electron chi connectivity index (χ0n) is 12.3. The Balaban J connectivity index is 2.28. The molecule has 2 rings (SSSR count). The van der Waals surface area contributed by atoms with Gasteiger partial charge in [-0.3, -0.25) is 4.72 Å². The van der Waals surface area contributed by atoms with E-state index in [-0.39, 0.29) is 6.07 Å². The number of alkyl halides is 6. The molecule has 0 unspecified atom stereocenters. The molecule has 0 bridgehead atoms. The van der Waals surface area contributed by atoms with Gasteiger partial charge in [-0.05, 0) is 42.5 Å². The van der Waals surface area contributed by atoms with E-state index >= 15 is 0 Å². The first-order valence-electron chi connectivity index (χ1n) is 6.53. The highest BCUT2D eigenvalue weighted by Gasteiger charge is 2.32. The van der Waals surface area contributed by atoms with Crippen molar-refractivity contribution in [2.24, 2.45) is 0 Å². The molecule has 0 atom stereocenters.